The third-order valence-electron chi connectivity index (χ3n) is 2.97. The van der Waals surface area contributed by atoms with Crippen molar-refractivity contribution in [1.82, 2.24) is 4.90 Å². The molecule has 1 unspecified atom stereocenters. The van der Waals surface area contributed by atoms with E-state index in [9.17, 15) is 22.8 Å². The highest BCUT2D eigenvalue weighted by Gasteiger charge is 2.30. The number of hydrogen-bond donors (Lipinski definition) is 1. The van der Waals surface area contributed by atoms with Gasteiger partial charge in [-0.2, -0.15) is 13.2 Å². The number of hydrogen-bond acceptors (Lipinski definition) is 2. The molecule has 1 aromatic rings. The van der Waals surface area contributed by atoms with Gasteiger partial charge >= 0.3 is 12.1 Å². The predicted octanol–water partition coefficient (Wildman–Crippen LogP) is 2.18. The Bertz CT molecular complexity index is 497. The fourth-order valence-corrected chi connectivity index (χ4v) is 1.49. The standard InChI is InChI=1S/C13H14F3NO3/c1-8(12(19)20)17(2)11(18)7-9-3-5-10(6-4-9)13(14,15)16/h3-6,8H,7H2,1-2H3,(H,19,20). The topological polar surface area (TPSA) is 57.6 Å². The Kier molecular flexibility index (Phi) is 4.75. The number of carbonyl (C=O) groups excluding carboxylic acids is 1. The largest absolute Gasteiger partial charge is 0.480 e. The van der Waals surface area contributed by atoms with Gasteiger partial charge in [0.25, 0.3) is 0 Å². The van der Waals surface area contributed by atoms with Crippen molar-refractivity contribution in [2.24, 2.45) is 0 Å². The van der Waals surface area contributed by atoms with Gasteiger partial charge in [0.15, 0.2) is 0 Å². The normalized spacial score (nSPS) is 12.8. The van der Waals surface area contributed by atoms with Crippen LogP contribution in [0.3, 0.4) is 0 Å². The first-order valence-corrected chi connectivity index (χ1v) is 5.77. The van der Waals surface area contributed by atoms with Crippen molar-refractivity contribution in [3.8, 4) is 0 Å². The Hall–Kier alpha value is -2.05. The summed E-state index contributed by atoms with van der Waals surface area (Å²) in [7, 11) is 1.34. The van der Waals surface area contributed by atoms with Gasteiger partial charge in [0.2, 0.25) is 5.91 Å². The summed E-state index contributed by atoms with van der Waals surface area (Å²) in [6.45, 7) is 1.35. The van der Waals surface area contributed by atoms with Crippen molar-refractivity contribution < 1.29 is 27.9 Å². The fourth-order valence-electron chi connectivity index (χ4n) is 1.49. The van der Waals surface area contributed by atoms with Crippen LogP contribution in [-0.4, -0.2) is 35.0 Å². The first kappa shape index (κ1) is 16.0. The van der Waals surface area contributed by atoms with Crippen LogP contribution in [0.25, 0.3) is 0 Å². The molecule has 0 heterocycles. The number of likely N-dealkylation sites (N-methyl/N-ethyl adjacent to an activating group) is 1. The summed E-state index contributed by atoms with van der Waals surface area (Å²) in [5.74, 6) is -1.62. The molecule has 1 atom stereocenters. The maximum atomic E-state index is 12.4. The van der Waals surface area contributed by atoms with Gasteiger partial charge in [0, 0.05) is 7.05 Å². The Balaban J connectivity index is 2.74. The van der Waals surface area contributed by atoms with Gasteiger partial charge < -0.3 is 10.0 Å². The van der Waals surface area contributed by atoms with E-state index in [0.29, 0.717) is 5.56 Å². The van der Waals surface area contributed by atoms with Gasteiger partial charge in [-0.15, -0.1) is 0 Å². The first-order chi connectivity index (χ1) is 9.12. The molecule has 4 nitrogen and oxygen atoms in total. The molecule has 0 fully saturated rings. The second-order valence-corrected chi connectivity index (χ2v) is 4.39. The smallest absolute Gasteiger partial charge is 0.416 e. The molecule has 1 aromatic carbocycles. The summed E-state index contributed by atoms with van der Waals surface area (Å²) in [5, 5.41) is 8.77. The van der Waals surface area contributed by atoms with Crippen molar-refractivity contribution in [2.75, 3.05) is 7.05 Å². The molecule has 0 bridgehead atoms. The minimum Gasteiger partial charge on any atom is -0.480 e. The van der Waals surface area contributed by atoms with Gasteiger partial charge in [-0.25, -0.2) is 4.79 Å². The molecule has 0 aliphatic heterocycles. The average Bonchev–Trinajstić information content (AvgIpc) is 2.36. The second-order valence-electron chi connectivity index (χ2n) is 4.39. The van der Waals surface area contributed by atoms with Crippen molar-refractivity contribution >= 4 is 11.9 Å². The monoisotopic (exact) mass is 289 g/mol. The number of carboxylic acid groups (broad SMARTS) is 1. The van der Waals surface area contributed by atoms with Crippen LogP contribution in [0.5, 0.6) is 0 Å². The summed E-state index contributed by atoms with van der Waals surface area (Å²) in [6.07, 6.45) is -4.57. The van der Waals surface area contributed by atoms with Crippen molar-refractivity contribution in [2.45, 2.75) is 25.6 Å². The number of carbonyl (C=O) groups is 2. The first-order valence-electron chi connectivity index (χ1n) is 5.77. The Morgan fingerprint density at radius 1 is 1.25 bits per heavy atom. The van der Waals surface area contributed by atoms with Crippen LogP contribution in [-0.2, 0) is 22.2 Å². The van der Waals surface area contributed by atoms with E-state index in [2.05, 4.69) is 0 Å². The fraction of sp³-hybridized carbons (Fsp3) is 0.385. The molecule has 0 radical (unpaired) electrons. The van der Waals surface area contributed by atoms with Crippen molar-refractivity contribution in [1.29, 1.82) is 0 Å². The quantitative estimate of drug-likeness (QED) is 0.924. The number of halogens is 3. The van der Waals surface area contributed by atoms with Gasteiger partial charge in [-0.05, 0) is 24.6 Å². The minimum atomic E-state index is -4.42. The van der Waals surface area contributed by atoms with E-state index >= 15 is 0 Å². The molecular weight excluding hydrogens is 275 g/mol. The summed E-state index contributed by atoms with van der Waals surface area (Å²) in [5.41, 5.74) is -0.395. The number of rotatable bonds is 4. The zero-order valence-corrected chi connectivity index (χ0v) is 10.9. The number of alkyl halides is 3. The lowest BCUT2D eigenvalue weighted by Crippen LogP contribution is -2.41. The summed E-state index contributed by atoms with van der Waals surface area (Å²) in [6, 6.07) is 3.21. The predicted molar refractivity (Wildman–Crippen MR) is 65.0 cm³/mol. The van der Waals surface area contributed by atoms with Crippen molar-refractivity contribution in [3.63, 3.8) is 0 Å². The molecule has 1 rings (SSSR count). The molecule has 0 aliphatic carbocycles. The van der Waals surface area contributed by atoms with Gasteiger partial charge in [-0.3, -0.25) is 4.79 Å². The molecule has 110 valence electrons. The molecule has 1 N–H and O–H groups in total. The van der Waals surface area contributed by atoms with E-state index in [1.165, 1.54) is 26.1 Å². The van der Waals surface area contributed by atoms with Crippen LogP contribution >= 0.6 is 0 Å². The molecule has 0 aliphatic rings. The Morgan fingerprint density at radius 3 is 2.15 bits per heavy atom. The van der Waals surface area contributed by atoms with Crippen LogP contribution < -0.4 is 0 Å². The number of benzene rings is 1. The van der Waals surface area contributed by atoms with E-state index in [0.717, 1.165) is 17.0 Å². The maximum absolute atomic E-state index is 12.4. The Labute approximate surface area is 113 Å². The van der Waals surface area contributed by atoms with E-state index in [4.69, 9.17) is 5.11 Å². The molecule has 0 saturated heterocycles. The molecule has 0 saturated carbocycles. The Morgan fingerprint density at radius 2 is 1.75 bits per heavy atom. The van der Waals surface area contributed by atoms with Crippen LogP contribution in [0.4, 0.5) is 13.2 Å². The lowest BCUT2D eigenvalue weighted by Gasteiger charge is -2.21. The molecule has 20 heavy (non-hydrogen) atoms. The summed E-state index contributed by atoms with van der Waals surface area (Å²) >= 11 is 0. The van der Waals surface area contributed by atoms with Crippen molar-refractivity contribution in [3.05, 3.63) is 35.4 Å². The lowest BCUT2D eigenvalue weighted by molar-refractivity contribution is -0.148. The second kappa shape index (κ2) is 5.94. The molecular formula is C13H14F3NO3. The highest BCUT2D eigenvalue weighted by atomic mass is 19.4. The van der Waals surface area contributed by atoms with E-state index in [-0.39, 0.29) is 6.42 Å². The molecule has 7 heteroatoms. The number of carboxylic acids is 1. The maximum Gasteiger partial charge on any atom is 0.416 e. The van der Waals surface area contributed by atoms with Gasteiger partial charge in [0.1, 0.15) is 6.04 Å². The molecule has 1 amide bonds. The molecule has 0 aromatic heterocycles. The average molecular weight is 289 g/mol. The highest BCUT2D eigenvalue weighted by molar-refractivity contribution is 5.84. The zero-order chi connectivity index (χ0) is 15.5. The van der Waals surface area contributed by atoms with E-state index in [1.54, 1.807) is 0 Å². The highest BCUT2D eigenvalue weighted by Crippen LogP contribution is 2.29. The number of aliphatic carboxylic acids is 1. The minimum absolute atomic E-state index is 0.147. The molecule has 0 spiro atoms. The third-order valence-corrected chi connectivity index (χ3v) is 2.97. The van der Waals surface area contributed by atoms with E-state index < -0.39 is 29.7 Å². The van der Waals surface area contributed by atoms with Crippen LogP contribution in [0.15, 0.2) is 24.3 Å². The van der Waals surface area contributed by atoms with Gasteiger partial charge in [-0.1, -0.05) is 12.1 Å². The van der Waals surface area contributed by atoms with E-state index in [1.807, 2.05) is 0 Å². The van der Waals surface area contributed by atoms with Crippen LogP contribution in [0.2, 0.25) is 0 Å². The van der Waals surface area contributed by atoms with Gasteiger partial charge in [0.05, 0.1) is 12.0 Å². The lowest BCUT2D eigenvalue weighted by atomic mass is 10.1. The summed E-state index contributed by atoms with van der Waals surface area (Å²) in [4.78, 5) is 23.6. The van der Waals surface area contributed by atoms with Crippen LogP contribution in [0, 0.1) is 0 Å². The third kappa shape index (κ3) is 3.97. The summed E-state index contributed by atoms with van der Waals surface area (Å²) < 4.78 is 37.1. The SMILES string of the molecule is CC(C(=O)O)N(C)C(=O)Cc1ccc(C(F)(F)F)cc1. The van der Waals surface area contributed by atoms with Crippen LogP contribution in [0.1, 0.15) is 18.1 Å². The zero-order valence-electron chi connectivity index (χ0n) is 10.9. The number of amides is 1. The number of nitrogens with zero attached hydrogens (tertiary/aromatic N) is 1.